The minimum Gasteiger partial charge on any atom is -0.339 e. The number of piperidine rings is 1. The number of carbonyl (C=O) groups excluding carboxylic acids is 1. The number of anilines is 1. The Kier molecular flexibility index (Phi) is 5.19. The van der Waals surface area contributed by atoms with Crippen LogP contribution in [0.5, 0.6) is 0 Å². The summed E-state index contributed by atoms with van der Waals surface area (Å²) in [7, 11) is 0. The van der Waals surface area contributed by atoms with Gasteiger partial charge in [-0.2, -0.15) is 16.3 Å². The van der Waals surface area contributed by atoms with E-state index in [1.807, 2.05) is 52.1 Å². The molecule has 30 heavy (non-hydrogen) atoms. The molecule has 1 aliphatic rings. The van der Waals surface area contributed by atoms with Crippen LogP contribution in [0.3, 0.4) is 0 Å². The quantitative estimate of drug-likeness (QED) is 0.479. The molecule has 0 radical (unpaired) electrons. The van der Waals surface area contributed by atoms with E-state index in [0.717, 1.165) is 41.4 Å². The molecule has 2 amide bonds. The number of nitrogens with zero attached hydrogens (tertiary/aromatic N) is 3. The van der Waals surface area contributed by atoms with Crippen LogP contribution < -0.4 is 5.32 Å². The van der Waals surface area contributed by atoms with Crippen molar-refractivity contribution in [3.05, 3.63) is 65.2 Å². The molecule has 3 heterocycles. The number of urea groups is 1. The Morgan fingerprint density at radius 2 is 2.10 bits per heavy atom. The monoisotopic (exact) mass is 418 g/mol. The fourth-order valence-corrected chi connectivity index (χ4v) is 4.67. The van der Waals surface area contributed by atoms with Gasteiger partial charge in [-0.3, -0.25) is 0 Å². The summed E-state index contributed by atoms with van der Waals surface area (Å²) in [6, 6.07) is 16.0. The van der Waals surface area contributed by atoms with E-state index in [1.54, 1.807) is 11.3 Å². The van der Waals surface area contributed by atoms with Gasteiger partial charge >= 0.3 is 6.03 Å². The van der Waals surface area contributed by atoms with Gasteiger partial charge in [-0.25, -0.2) is 4.79 Å². The lowest BCUT2D eigenvalue weighted by Gasteiger charge is -2.32. The molecule has 2 aromatic heterocycles. The Labute approximate surface area is 178 Å². The molecule has 0 saturated carbocycles. The van der Waals surface area contributed by atoms with Crippen molar-refractivity contribution in [2.75, 3.05) is 18.4 Å². The number of rotatable bonds is 4. The number of nitrogens with one attached hydrogen (secondary N) is 1. The predicted molar refractivity (Wildman–Crippen MR) is 119 cm³/mol. The molecule has 1 unspecified atom stereocenters. The summed E-state index contributed by atoms with van der Waals surface area (Å²) in [6.45, 7) is 1.45. The Morgan fingerprint density at radius 1 is 1.20 bits per heavy atom. The molecule has 1 atom stereocenters. The number of carbonyl (C=O) groups is 1. The van der Waals surface area contributed by atoms with Gasteiger partial charge in [0.15, 0.2) is 0 Å². The third-order valence-electron chi connectivity index (χ3n) is 5.55. The lowest BCUT2D eigenvalue weighted by atomic mass is 9.95. The molecule has 6 nitrogen and oxygen atoms in total. The number of benzene rings is 2. The zero-order valence-corrected chi connectivity index (χ0v) is 17.3. The first kappa shape index (κ1) is 18.8. The lowest BCUT2D eigenvalue weighted by molar-refractivity contribution is 0.173. The Morgan fingerprint density at radius 3 is 3.00 bits per heavy atom. The first-order valence-electron chi connectivity index (χ1n) is 10.1. The van der Waals surface area contributed by atoms with Gasteiger partial charge < -0.3 is 14.7 Å². The lowest BCUT2D eigenvalue weighted by Crippen LogP contribution is -2.42. The number of hydrogen-bond acceptors (Lipinski definition) is 5. The highest BCUT2D eigenvalue weighted by Gasteiger charge is 2.26. The van der Waals surface area contributed by atoms with Crippen LogP contribution in [0.4, 0.5) is 10.5 Å². The summed E-state index contributed by atoms with van der Waals surface area (Å²) in [5.41, 5.74) is 1.83. The molecule has 7 heteroatoms. The van der Waals surface area contributed by atoms with E-state index in [9.17, 15) is 4.79 Å². The van der Waals surface area contributed by atoms with Crippen LogP contribution in [0.25, 0.3) is 22.2 Å². The molecule has 1 aliphatic heterocycles. The smallest absolute Gasteiger partial charge is 0.321 e. The van der Waals surface area contributed by atoms with Gasteiger partial charge in [0.2, 0.25) is 11.7 Å². The Hall–Kier alpha value is -3.19. The molecule has 152 valence electrons. The van der Waals surface area contributed by atoms with Crippen LogP contribution in [-0.4, -0.2) is 34.2 Å². The maximum absolute atomic E-state index is 12.9. The second kappa shape index (κ2) is 8.28. The van der Waals surface area contributed by atoms with Crippen molar-refractivity contribution < 1.29 is 9.32 Å². The summed E-state index contributed by atoms with van der Waals surface area (Å²) in [6.07, 6.45) is 2.71. The molecule has 1 N–H and O–H groups in total. The topological polar surface area (TPSA) is 71.3 Å². The van der Waals surface area contributed by atoms with Crippen molar-refractivity contribution in [2.45, 2.75) is 19.3 Å². The average molecular weight is 419 g/mol. The molecule has 5 rings (SSSR count). The minimum atomic E-state index is -0.0551. The summed E-state index contributed by atoms with van der Waals surface area (Å²) < 4.78 is 5.46. The van der Waals surface area contributed by atoms with Crippen LogP contribution in [-0.2, 0) is 6.42 Å². The highest BCUT2D eigenvalue weighted by Crippen LogP contribution is 2.26. The van der Waals surface area contributed by atoms with E-state index < -0.39 is 0 Å². The predicted octanol–water partition coefficient (Wildman–Crippen LogP) is 5.44. The molecule has 2 aromatic carbocycles. The van der Waals surface area contributed by atoms with Gasteiger partial charge in [0, 0.05) is 35.8 Å². The molecule has 0 aliphatic carbocycles. The molecule has 1 saturated heterocycles. The first-order valence-corrected chi connectivity index (χ1v) is 11.1. The largest absolute Gasteiger partial charge is 0.339 e. The van der Waals surface area contributed by atoms with Crippen LogP contribution in [0.1, 0.15) is 18.7 Å². The van der Waals surface area contributed by atoms with Crippen LogP contribution in [0, 0.1) is 5.92 Å². The molecule has 4 aromatic rings. The normalized spacial score (nSPS) is 16.7. The molecular formula is C23H22N4O2S. The summed E-state index contributed by atoms with van der Waals surface area (Å²) in [5, 5.41) is 13.4. The van der Waals surface area contributed by atoms with Crippen molar-refractivity contribution in [3.63, 3.8) is 0 Å². The van der Waals surface area contributed by atoms with Crippen molar-refractivity contribution in [2.24, 2.45) is 5.92 Å². The zero-order valence-electron chi connectivity index (χ0n) is 16.5. The van der Waals surface area contributed by atoms with Gasteiger partial charge in [-0.1, -0.05) is 41.6 Å². The fraction of sp³-hybridized carbons (Fsp3) is 0.261. The van der Waals surface area contributed by atoms with Gasteiger partial charge in [0.25, 0.3) is 0 Å². The third kappa shape index (κ3) is 3.93. The van der Waals surface area contributed by atoms with E-state index in [0.29, 0.717) is 30.6 Å². The highest BCUT2D eigenvalue weighted by molar-refractivity contribution is 7.08. The van der Waals surface area contributed by atoms with E-state index in [4.69, 9.17) is 4.52 Å². The van der Waals surface area contributed by atoms with Crippen LogP contribution in [0.15, 0.2) is 63.8 Å². The van der Waals surface area contributed by atoms with Gasteiger partial charge in [0.05, 0.1) is 5.69 Å². The van der Waals surface area contributed by atoms with Gasteiger partial charge in [-0.15, -0.1) is 0 Å². The van der Waals surface area contributed by atoms with E-state index >= 15 is 0 Å². The molecule has 0 bridgehead atoms. The molecular weight excluding hydrogens is 396 g/mol. The summed E-state index contributed by atoms with van der Waals surface area (Å²) in [4.78, 5) is 19.4. The first-order chi connectivity index (χ1) is 14.8. The van der Waals surface area contributed by atoms with Crippen molar-refractivity contribution >= 4 is 33.8 Å². The molecule has 0 spiro atoms. The van der Waals surface area contributed by atoms with Crippen molar-refractivity contribution in [1.82, 2.24) is 15.0 Å². The third-order valence-corrected chi connectivity index (χ3v) is 6.23. The number of amides is 2. The maximum atomic E-state index is 12.9. The number of hydrogen-bond donors (Lipinski definition) is 1. The zero-order chi connectivity index (χ0) is 20.3. The second-order valence-corrected chi connectivity index (χ2v) is 8.42. The van der Waals surface area contributed by atoms with Gasteiger partial charge in [-0.05, 0) is 41.7 Å². The van der Waals surface area contributed by atoms with E-state index in [2.05, 4.69) is 27.6 Å². The number of fused-ring (bicyclic) bond motifs is 1. The average Bonchev–Trinajstić information content (AvgIpc) is 3.46. The van der Waals surface area contributed by atoms with Crippen molar-refractivity contribution in [3.8, 4) is 11.4 Å². The second-order valence-electron chi connectivity index (χ2n) is 7.64. The van der Waals surface area contributed by atoms with Crippen LogP contribution >= 0.6 is 11.3 Å². The van der Waals surface area contributed by atoms with Crippen LogP contribution in [0.2, 0.25) is 0 Å². The number of thiophene rings is 1. The summed E-state index contributed by atoms with van der Waals surface area (Å²) >= 11 is 1.61. The molecule has 1 fully saturated rings. The Bertz CT molecular complexity index is 1150. The number of likely N-dealkylation sites (tertiary alicyclic amines) is 1. The standard InChI is InChI=1S/C23H22N4O2S/c28-23(24-20-9-3-7-17-6-1-2-8-19(17)20)27-11-4-5-16(14-27)13-21-25-22(26-29-21)18-10-12-30-15-18/h1-3,6-10,12,15-16H,4-5,11,13-14H2,(H,24,28). The Balaban J connectivity index is 1.24. The van der Waals surface area contributed by atoms with E-state index in [1.165, 1.54) is 0 Å². The van der Waals surface area contributed by atoms with Gasteiger partial charge in [0.1, 0.15) is 0 Å². The number of aromatic nitrogens is 2. The minimum absolute atomic E-state index is 0.0551. The maximum Gasteiger partial charge on any atom is 0.321 e. The SMILES string of the molecule is O=C(Nc1cccc2ccccc12)N1CCCC(Cc2nc(-c3ccsc3)no2)C1. The van der Waals surface area contributed by atoms with E-state index in [-0.39, 0.29) is 6.03 Å². The summed E-state index contributed by atoms with van der Waals surface area (Å²) in [5.74, 6) is 1.58. The van der Waals surface area contributed by atoms with Crippen molar-refractivity contribution in [1.29, 1.82) is 0 Å². The highest BCUT2D eigenvalue weighted by atomic mass is 32.1. The fourth-order valence-electron chi connectivity index (χ4n) is 4.04.